The zero-order chi connectivity index (χ0) is 10.7. The average molecular weight is 312 g/mol. The molecule has 0 aromatic heterocycles. The van der Waals surface area contributed by atoms with Crippen LogP contribution in [0.4, 0.5) is 0 Å². The molecule has 1 nitrogen and oxygen atoms in total. The van der Waals surface area contributed by atoms with Crippen LogP contribution in [-0.4, -0.2) is 5.78 Å². The van der Waals surface area contributed by atoms with Gasteiger partial charge in [0.1, 0.15) is 0 Å². The van der Waals surface area contributed by atoms with Gasteiger partial charge in [-0.15, -0.1) is 0 Å². The smallest absolute Gasteiger partial charge is 0.155 e. The first-order valence-electron chi connectivity index (χ1n) is 5.21. The van der Waals surface area contributed by atoms with Gasteiger partial charge in [0, 0.05) is 9.99 Å². The van der Waals surface area contributed by atoms with E-state index in [2.05, 4.69) is 46.9 Å². The molecule has 0 N–H and O–H groups in total. The molecule has 78 valence electrons. The maximum atomic E-state index is 11.2. The van der Waals surface area contributed by atoms with Gasteiger partial charge < -0.3 is 0 Å². The second-order valence-electron chi connectivity index (χ2n) is 3.93. The third-order valence-corrected chi connectivity index (χ3v) is 3.35. The first-order chi connectivity index (χ1) is 7.24. The van der Waals surface area contributed by atoms with Crippen LogP contribution in [0.15, 0.2) is 35.9 Å². The Balaban J connectivity index is 2.08. The minimum absolute atomic E-state index is 0.293. The first-order valence-corrected chi connectivity index (χ1v) is 6.28. The predicted molar refractivity (Wildman–Crippen MR) is 69.8 cm³/mol. The minimum Gasteiger partial charge on any atom is -0.295 e. The molecule has 15 heavy (non-hydrogen) atoms. The fourth-order valence-electron chi connectivity index (χ4n) is 1.87. The summed E-state index contributed by atoms with van der Waals surface area (Å²) >= 11 is 2.30. The van der Waals surface area contributed by atoms with Crippen molar-refractivity contribution in [1.29, 1.82) is 0 Å². The zero-order valence-electron chi connectivity index (χ0n) is 8.50. The maximum Gasteiger partial charge on any atom is 0.155 e. The summed E-state index contributed by atoms with van der Waals surface area (Å²) in [7, 11) is 0. The Bertz CT molecular complexity index is 390. The minimum atomic E-state index is 0.293. The van der Waals surface area contributed by atoms with Crippen LogP contribution in [0.5, 0.6) is 0 Å². The van der Waals surface area contributed by atoms with Crippen LogP contribution in [0.3, 0.4) is 0 Å². The van der Waals surface area contributed by atoms with Gasteiger partial charge in [0.2, 0.25) is 0 Å². The highest BCUT2D eigenvalue weighted by Gasteiger charge is 2.09. The molecule has 0 bridgehead atoms. The predicted octanol–water partition coefficient (Wildman–Crippen LogP) is 3.51. The largest absolute Gasteiger partial charge is 0.295 e. The molecule has 1 aromatic carbocycles. The average Bonchev–Trinajstić information content (AvgIpc) is 2.22. The topological polar surface area (TPSA) is 17.1 Å². The molecule has 1 aliphatic carbocycles. The number of hydrogen-bond acceptors (Lipinski definition) is 1. The second kappa shape index (κ2) is 4.92. The van der Waals surface area contributed by atoms with Crippen LogP contribution >= 0.6 is 22.6 Å². The lowest BCUT2D eigenvalue weighted by Gasteiger charge is -2.11. The number of allylic oxidation sites excluding steroid dienone is 2. The summed E-state index contributed by atoms with van der Waals surface area (Å²) in [6.45, 7) is 0. The van der Waals surface area contributed by atoms with Crippen molar-refractivity contribution in [3.63, 3.8) is 0 Å². The first kappa shape index (κ1) is 10.9. The SMILES string of the molecule is O=C1C=C(Cc2ccc(I)cc2)CCC1. The number of rotatable bonds is 2. The lowest BCUT2D eigenvalue weighted by molar-refractivity contribution is -0.115. The number of ketones is 1. The van der Waals surface area contributed by atoms with E-state index in [0.717, 1.165) is 25.7 Å². The van der Waals surface area contributed by atoms with E-state index in [1.807, 2.05) is 6.08 Å². The summed E-state index contributed by atoms with van der Waals surface area (Å²) in [4.78, 5) is 11.2. The summed E-state index contributed by atoms with van der Waals surface area (Å²) in [5, 5.41) is 0. The van der Waals surface area contributed by atoms with Crippen molar-refractivity contribution in [2.24, 2.45) is 0 Å². The summed E-state index contributed by atoms with van der Waals surface area (Å²) in [5.74, 6) is 0.293. The molecular formula is C13H13IO. The third kappa shape index (κ3) is 3.16. The summed E-state index contributed by atoms with van der Waals surface area (Å²) < 4.78 is 1.25. The van der Waals surface area contributed by atoms with E-state index in [-0.39, 0.29) is 0 Å². The van der Waals surface area contributed by atoms with E-state index < -0.39 is 0 Å². The number of carbonyl (C=O) groups is 1. The molecule has 0 unspecified atom stereocenters. The number of halogens is 1. The van der Waals surface area contributed by atoms with Crippen LogP contribution < -0.4 is 0 Å². The lowest BCUT2D eigenvalue weighted by Crippen LogP contribution is -2.04. The molecule has 2 heteroatoms. The van der Waals surface area contributed by atoms with Crippen LogP contribution in [-0.2, 0) is 11.2 Å². The van der Waals surface area contributed by atoms with E-state index in [4.69, 9.17) is 0 Å². The van der Waals surface area contributed by atoms with E-state index in [9.17, 15) is 4.79 Å². The molecule has 0 amide bonds. The molecule has 0 saturated carbocycles. The van der Waals surface area contributed by atoms with Crippen molar-refractivity contribution in [1.82, 2.24) is 0 Å². The van der Waals surface area contributed by atoms with E-state index in [1.165, 1.54) is 14.7 Å². The van der Waals surface area contributed by atoms with Crippen LogP contribution in [0.25, 0.3) is 0 Å². The van der Waals surface area contributed by atoms with Crippen molar-refractivity contribution in [2.45, 2.75) is 25.7 Å². The van der Waals surface area contributed by atoms with E-state index >= 15 is 0 Å². The molecule has 0 radical (unpaired) electrons. The van der Waals surface area contributed by atoms with Crippen molar-refractivity contribution in [2.75, 3.05) is 0 Å². The molecule has 0 spiro atoms. The second-order valence-corrected chi connectivity index (χ2v) is 5.17. The van der Waals surface area contributed by atoms with Crippen molar-refractivity contribution >= 4 is 28.4 Å². The summed E-state index contributed by atoms with van der Waals surface area (Å²) in [6, 6.07) is 8.51. The van der Waals surface area contributed by atoms with Gasteiger partial charge in [0.15, 0.2) is 5.78 Å². The molecular weight excluding hydrogens is 299 g/mol. The molecule has 1 aliphatic rings. The Labute approximate surface area is 104 Å². The summed E-state index contributed by atoms with van der Waals surface area (Å²) in [5.41, 5.74) is 2.59. The van der Waals surface area contributed by atoms with Gasteiger partial charge >= 0.3 is 0 Å². The molecule has 1 aromatic rings. The third-order valence-electron chi connectivity index (χ3n) is 2.63. The number of hydrogen-bond donors (Lipinski definition) is 0. The highest BCUT2D eigenvalue weighted by atomic mass is 127. The zero-order valence-corrected chi connectivity index (χ0v) is 10.7. The molecule has 2 rings (SSSR count). The lowest BCUT2D eigenvalue weighted by atomic mass is 9.93. The van der Waals surface area contributed by atoms with Crippen LogP contribution in [0.2, 0.25) is 0 Å². The van der Waals surface area contributed by atoms with Crippen molar-refractivity contribution in [3.05, 3.63) is 45.0 Å². The van der Waals surface area contributed by atoms with Crippen molar-refractivity contribution < 1.29 is 4.79 Å². The maximum absolute atomic E-state index is 11.2. The Morgan fingerprint density at radius 1 is 1.13 bits per heavy atom. The molecule has 0 saturated heterocycles. The highest BCUT2D eigenvalue weighted by Crippen LogP contribution is 2.19. The van der Waals surface area contributed by atoms with Gasteiger partial charge in [-0.1, -0.05) is 17.7 Å². The van der Waals surface area contributed by atoms with Crippen molar-refractivity contribution in [3.8, 4) is 0 Å². The quantitative estimate of drug-likeness (QED) is 0.764. The highest BCUT2D eigenvalue weighted by molar-refractivity contribution is 14.1. The fraction of sp³-hybridized carbons (Fsp3) is 0.308. The standard InChI is InChI=1S/C13H13IO/c14-12-6-4-10(5-7-12)8-11-2-1-3-13(15)9-11/h4-7,9H,1-3,8H2. The van der Waals surface area contributed by atoms with E-state index in [0.29, 0.717) is 5.78 Å². The van der Waals surface area contributed by atoms with Crippen LogP contribution in [0, 0.1) is 3.57 Å². The number of carbonyl (C=O) groups excluding carboxylic acids is 1. The summed E-state index contributed by atoms with van der Waals surface area (Å²) in [6.07, 6.45) is 5.60. The van der Waals surface area contributed by atoms with Gasteiger partial charge in [-0.05, 0) is 65.6 Å². The fourth-order valence-corrected chi connectivity index (χ4v) is 2.23. The Hall–Kier alpha value is -0.640. The van der Waals surface area contributed by atoms with Gasteiger partial charge in [-0.3, -0.25) is 4.79 Å². The molecule has 0 fully saturated rings. The van der Waals surface area contributed by atoms with Gasteiger partial charge in [-0.2, -0.15) is 0 Å². The van der Waals surface area contributed by atoms with Crippen LogP contribution in [0.1, 0.15) is 24.8 Å². The van der Waals surface area contributed by atoms with Gasteiger partial charge in [0.25, 0.3) is 0 Å². The molecule has 0 atom stereocenters. The van der Waals surface area contributed by atoms with Gasteiger partial charge in [-0.25, -0.2) is 0 Å². The molecule has 0 aliphatic heterocycles. The number of benzene rings is 1. The van der Waals surface area contributed by atoms with E-state index in [1.54, 1.807) is 0 Å². The normalized spacial score (nSPS) is 16.3. The monoisotopic (exact) mass is 312 g/mol. The molecule has 0 heterocycles. The Morgan fingerprint density at radius 3 is 2.53 bits per heavy atom. The Kier molecular flexibility index (Phi) is 3.57. The van der Waals surface area contributed by atoms with Gasteiger partial charge in [0.05, 0.1) is 0 Å². The Morgan fingerprint density at radius 2 is 1.87 bits per heavy atom.